The highest BCUT2D eigenvalue weighted by Crippen LogP contribution is 2.28. The monoisotopic (exact) mass is 392 g/mol. The van der Waals surface area contributed by atoms with E-state index in [-0.39, 0.29) is 24.0 Å². The topological polar surface area (TPSA) is 67.1 Å². The van der Waals surface area contributed by atoms with E-state index < -0.39 is 0 Å². The van der Waals surface area contributed by atoms with Crippen molar-refractivity contribution in [1.82, 2.24) is 25.4 Å². The van der Waals surface area contributed by atoms with Gasteiger partial charge in [0.25, 0.3) is 0 Å². The maximum absolute atomic E-state index is 4.60. The number of unbranched alkanes of at least 4 members (excludes halogenated alkanes) is 1. The molecule has 0 aromatic carbocycles. The van der Waals surface area contributed by atoms with E-state index in [2.05, 4.69) is 39.7 Å². The molecule has 0 radical (unpaired) electrons. The van der Waals surface area contributed by atoms with E-state index in [1.54, 1.807) is 12.7 Å². The third-order valence-corrected chi connectivity index (χ3v) is 3.34. The largest absolute Gasteiger partial charge is 0.357 e. The summed E-state index contributed by atoms with van der Waals surface area (Å²) in [5, 5.41) is 14.3. The molecule has 0 aliphatic heterocycles. The average Bonchev–Trinajstić information content (AvgIpc) is 2.90. The number of aromatic nitrogens is 3. The van der Waals surface area contributed by atoms with Gasteiger partial charge in [-0.15, -0.1) is 34.2 Å². The molecule has 2 N–H and O–H groups in total. The van der Waals surface area contributed by atoms with E-state index >= 15 is 0 Å². The Hall–Kier alpha value is -0.860. The lowest BCUT2D eigenvalue weighted by Crippen LogP contribution is -2.39. The first-order valence-electron chi connectivity index (χ1n) is 7.17. The molecule has 6 nitrogen and oxygen atoms in total. The Bertz CT molecular complexity index is 392. The highest BCUT2D eigenvalue weighted by Gasteiger charge is 2.33. The summed E-state index contributed by atoms with van der Waals surface area (Å²) in [6.07, 6.45) is 6.94. The van der Waals surface area contributed by atoms with E-state index in [0.717, 1.165) is 44.4 Å². The molecule has 1 heterocycles. The fourth-order valence-electron chi connectivity index (χ4n) is 1.95. The normalized spacial score (nSPS) is 21.2. The summed E-state index contributed by atoms with van der Waals surface area (Å²) in [6, 6.07) is 0.620. The quantitative estimate of drug-likeness (QED) is 0.321. The number of halogens is 1. The van der Waals surface area contributed by atoms with Gasteiger partial charge in [-0.3, -0.25) is 4.99 Å². The third kappa shape index (κ3) is 6.06. The van der Waals surface area contributed by atoms with Crippen molar-refractivity contribution in [3.8, 4) is 0 Å². The first kappa shape index (κ1) is 17.2. The molecule has 0 amide bonds. The van der Waals surface area contributed by atoms with Crippen LogP contribution in [0, 0.1) is 5.92 Å². The van der Waals surface area contributed by atoms with Crippen molar-refractivity contribution >= 4 is 29.9 Å². The highest BCUT2D eigenvalue weighted by molar-refractivity contribution is 14.0. The van der Waals surface area contributed by atoms with E-state index in [1.165, 1.54) is 6.42 Å². The lowest BCUT2D eigenvalue weighted by molar-refractivity contribution is 0.611. The number of hydrogen-bond acceptors (Lipinski definition) is 3. The molecule has 1 aliphatic carbocycles. The Kier molecular flexibility index (Phi) is 7.86. The molecule has 2 unspecified atom stereocenters. The minimum Gasteiger partial charge on any atom is -0.357 e. The number of guanidine groups is 1. The van der Waals surface area contributed by atoms with Crippen molar-refractivity contribution in [3.63, 3.8) is 0 Å². The van der Waals surface area contributed by atoms with Crippen molar-refractivity contribution in [2.24, 2.45) is 10.9 Å². The molecule has 1 aromatic rings. The number of nitrogens with zero attached hydrogens (tertiary/aromatic N) is 4. The molecule has 1 aromatic heterocycles. The lowest BCUT2D eigenvalue weighted by atomic mass is 10.3. The van der Waals surface area contributed by atoms with Crippen LogP contribution in [0.4, 0.5) is 0 Å². The summed E-state index contributed by atoms with van der Waals surface area (Å²) in [7, 11) is 0. The SMILES string of the molecule is CCNC(=NCCCCn1cnnc1)NC1CC1C.I. The van der Waals surface area contributed by atoms with Gasteiger partial charge in [0.1, 0.15) is 12.7 Å². The molecular formula is C13H25IN6. The number of aliphatic imine (C=N–C) groups is 1. The third-order valence-electron chi connectivity index (χ3n) is 3.34. The molecule has 1 saturated carbocycles. The van der Waals surface area contributed by atoms with Crippen LogP contribution in [0.15, 0.2) is 17.6 Å². The second kappa shape index (κ2) is 9.15. The van der Waals surface area contributed by atoms with Gasteiger partial charge in [-0.05, 0) is 32.1 Å². The van der Waals surface area contributed by atoms with Gasteiger partial charge in [-0.25, -0.2) is 0 Å². The van der Waals surface area contributed by atoms with Crippen LogP contribution in [0.25, 0.3) is 0 Å². The maximum atomic E-state index is 4.60. The van der Waals surface area contributed by atoms with Crippen LogP contribution in [0.1, 0.15) is 33.1 Å². The molecular weight excluding hydrogens is 367 g/mol. The Labute approximate surface area is 137 Å². The van der Waals surface area contributed by atoms with Crippen LogP contribution in [0.3, 0.4) is 0 Å². The lowest BCUT2D eigenvalue weighted by Gasteiger charge is -2.10. The van der Waals surface area contributed by atoms with Crippen molar-refractivity contribution in [2.45, 2.75) is 45.7 Å². The van der Waals surface area contributed by atoms with Gasteiger partial charge in [0.15, 0.2) is 5.96 Å². The standard InChI is InChI=1S/C13H24N6.HI/c1-3-14-13(18-12-8-11(12)2)15-6-4-5-7-19-9-16-17-10-19;/h9-12H,3-8H2,1-2H3,(H2,14,15,18);1H. The van der Waals surface area contributed by atoms with Gasteiger partial charge in [0, 0.05) is 25.7 Å². The number of nitrogens with one attached hydrogen (secondary N) is 2. The molecule has 0 saturated heterocycles. The Balaban J connectivity index is 0.00000200. The summed E-state index contributed by atoms with van der Waals surface area (Å²) in [5.41, 5.74) is 0. The van der Waals surface area contributed by atoms with Gasteiger partial charge in [-0.2, -0.15) is 0 Å². The minimum atomic E-state index is 0. The molecule has 1 aliphatic rings. The molecule has 2 rings (SSSR count). The van der Waals surface area contributed by atoms with E-state index in [0.29, 0.717) is 6.04 Å². The Morgan fingerprint density at radius 1 is 1.35 bits per heavy atom. The Morgan fingerprint density at radius 3 is 2.65 bits per heavy atom. The molecule has 0 spiro atoms. The summed E-state index contributed by atoms with van der Waals surface area (Å²) < 4.78 is 2.00. The van der Waals surface area contributed by atoms with Gasteiger partial charge in [-0.1, -0.05) is 6.92 Å². The van der Waals surface area contributed by atoms with Gasteiger partial charge in [0.05, 0.1) is 0 Å². The summed E-state index contributed by atoms with van der Waals surface area (Å²) >= 11 is 0. The van der Waals surface area contributed by atoms with Crippen molar-refractivity contribution in [1.29, 1.82) is 0 Å². The maximum Gasteiger partial charge on any atom is 0.191 e. The van der Waals surface area contributed by atoms with Crippen molar-refractivity contribution in [3.05, 3.63) is 12.7 Å². The fraction of sp³-hybridized carbons (Fsp3) is 0.769. The zero-order chi connectivity index (χ0) is 13.5. The molecule has 7 heteroatoms. The van der Waals surface area contributed by atoms with Crippen LogP contribution >= 0.6 is 24.0 Å². The van der Waals surface area contributed by atoms with Gasteiger partial charge < -0.3 is 15.2 Å². The number of hydrogen-bond donors (Lipinski definition) is 2. The molecule has 20 heavy (non-hydrogen) atoms. The smallest absolute Gasteiger partial charge is 0.191 e. The van der Waals surface area contributed by atoms with E-state index in [1.807, 2.05) is 4.57 Å². The van der Waals surface area contributed by atoms with Crippen LogP contribution in [-0.4, -0.2) is 39.9 Å². The first-order chi connectivity index (χ1) is 9.29. The van der Waals surface area contributed by atoms with Crippen molar-refractivity contribution in [2.75, 3.05) is 13.1 Å². The van der Waals surface area contributed by atoms with Crippen LogP contribution in [-0.2, 0) is 6.54 Å². The fourth-order valence-corrected chi connectivity index (χ4v) is 1.95. The van der Waals surface area contributed by atoms with E-state index in [9.17, 15) is 0 Å². The second-order valence-electron chi connectivity index (χ2n) is 5.13. The zero-order valence-corrected chi connectivity index (χ0v) is 14.6. The van der Waals surface area contributed by atoms with Crippen LogP contribution < -0.4 is 10.6 Å². The zero-order valence-electron chi connectivity index (χ0n) is 12.2. The Morgan fingerprint density at radius 2 is 2.05 bits per heavy atom. The number of aryl methyl sites for hydroxylation is 1. The van der Waals surface area contributed by atoms with Gasteiger partial charge in [0.2, 0.25) is 0 Å². The second-order valence-corrected chi connectivity index (χ2v) is 5.13. The summed E-state index contributed by atoms with van der Waals surface area (Å²) in [5.74, 6) is 1.75. The van der Waals surface area contributed by atoms with Crippen molar-refractivity contribution < 1.29 is 0 Å². The highest BCUT2D eigenvalue weighted by atomic mass is 127. The average molecular weight is 392 g/mol. The predicted molar refractivity (Wildman–Crippen MR) is 91.4 cm³/mol. The number of rotatable bonds is 7. The predicted octanol–water partition coefficient (Wildman–Crippen LogP) is 1.64. The molecule has 114 valence electrons. The van der Waals surface area contributed by atoms with Crippen LogP contribution in [0.2, 0.25) is 0 Å². The molecule has 0 bridgehead atoms. The van der Waals surface area contributed by atoms with Gasteiger partial charge >= 0.3 is 0 Å². The minimum absolute atomic E-state index is 0. The van der Waals surface area contributed by atoms with E-state index in [4.69, 9.17) is 0 Å². The molecule has 2 atom stereocenters. The first-order valence-corrected chi connectivity index (χ1v) is 7.17. The summed E-state index contributed by atoms with van der Waals surface area (Å²) in [4.78, 5) is 4.60. The van der Waals surface area contributed by atoms with Crippen LogP contribution in [0.5, 0.6) is 0 Å². The molecule has 1 fully saturated rings. The summed E-state index contributed by atoms with van der Waals surface area (Å²) in [6.45, 7) is 7.10.